The number of likely N-dealkylation sites (tertiary alicyclic amines) is 1. The maximum absolute atomic E-state index is 16.1. The van der Waals surface area contributed by atoms with Crippen LogP contribution in [0.2, 0.25) is 0 Å². The number of amides is 1. The van der Waals surface area contributed by atoms with Crippen LogP contribution in [0.4, 0.5) is 4.39 Å². The number of rotatable bonds is 9. The zero-order valence-corrected chi connectivity index (χ0v) is 20.5. The van der Waals surface area contributed by atoms with Crippen molar-refractivity contribution in [1.82, 2.24) is 10.2 Å². The van der Waals surface area contributed by atoms with Crippen molar-refractivity contribution in [3.63, 3.8) is 0 Å². The SMILES string of the molecule is CNC(=O)C[C@@H]1[C@@H](OC(=O)c2ccccc2)[C@@H](F)[C@@H](COC(=O)c2ccccc2)N1Cc1ccccc1. The van der Waals surface area contributed by atoms with Crippen LogP contribution in [0.1, 0.15) is 32.7 Å². The fraction of sp³-hybridized carbons (Fsp3) is 0.276. The summed E-state index contributed by atoms with van der Waals surface area (Å²) < 4.78 is 27.3. The number of ether oxygens (including phenoxy) is 2. The highest BCUT2D eigenvalue weighted by Gasteiger charge is 2.52. The minimum absolute atomic E-state index is 0.0976. The van der Waals surface area contributed by atoms with Crippen LogP contribution in [-0.4, -0.2) is 60.8 Å². The molecule has 0 bridgehead atoms. The first kappa shape index (κ1) is 26.0. The summed E-state index contributed by atoms with van der Waals surface area (Å²) in [5, 5.41) is 2.57. The molecule has 1 aliphatic heterocycles. The molecule has 1 N–H and O–H groups in total. The smallest absolute Gasteiger partial charge is 0.338 e. The Hall–Kier alpha value is -4.04. The number of hydrogen-bond donors (Lipinski definition) is 1. The maximum atomic E-state index is 16.1. The van der Waals surface area contributed by atoms with Crippen LogP contribution >= 0.6 is 0 Å². The normalized spacial score (nSPS) is 21.2. The van der Waals surface area contributed by atoms with Crippen LogP contribution in [0.25, 0.3) is 0 Å². The summed E-state index contributed by atoms with van der Waals surface area (Å²) in [6.07, 6.45) is -3.04. The molecule has 1 amide bonds. The van der Waals surface area contributed by atoms with Gasteiger partial charge in [0.25, 0.3) is 0 Å². The molecule has 1 fully saturated rings. The van der Waals surface area contributed by atoms with Crippen LogP contribution in [0, 0.1) is 0 Å². The predicted molar refractivity (Wildman–Crippen MR) is 136 cm³/mol. The van der Waals surface area contributed by atoms with E-state index in [0.717, 1.165) is 5.56 Å². The van der Waals surface area contributed by atoms with E-state index in [2.05, 4.69) is 5.32 Å². The number of alkyl halides is 1. The molecule has 0 radical (unpaired) electrons. The van der Waals surface area contributed by atoms with E-state index in [9.17, 15) is 14.4 Å². The number of hydrogen-bond acceptors (Lipinski definition) is 6. The predicted octanol–water partition coefficient (Wildman–Crippen LogP) is 3.80. The van der Waals surface area contributed by atoms with Gasteiger partial charge in [0.2, 0.25) is 5.91 Å². The van der Waals surface area contributed by atoms with Crippen LogP contribution in [0.3, 0.4) is 0 Å². The molecule has 4 atom stereocenters. The van der Waals surface area contributed by atoms with Crippen molar-refractivity contribution in [3.8, 4) is 0 Å². The van der Waals surface area contributed by atoms with Crippen LogP contribution in [-0.2, 0) is 20.8 Å². The lowest BCUT2D eigenvalue weighted by molar-refractivity contribution is -0.122. The fourth-order valence-corrected chi connectivity index (χ4v) is 4.52. The Kier molecular flexibility index (Phi) is 8.64. The number of carbonyl (C=O) groups excluding carboxylic acids is 3. The van der Waals surface area contributed by atoms with Crippen molar-refractivity contribution >= 4 is 17.8 Å². The Labute approximate surface area is 215 Å². The van der Waals surface area contributed by atoms with E-state index in [4.69, 9.17) is 9.47 Å². The molecule has 0 aromatic heterocycles. The lowest BCUT2D eigenvalue weighted by Gasteiger charge is -2.30. The van der Waals surface area contributed by atoms with Crippen molar-refractivity contribution in [2.45, 2.75) is 37.3 Å². The van der Waals surface area contributed by atoms with Crippen LogP contribution in [0.15, 0.2) is 91.0 Å². The van der Waals surface area contributed by atoms with Gasteiger partial charge in [0.05, 0.1) is 23.2 Å². The molecule has 0 saturated carbocycles. The quantitative estimate of drug-likeness (QED) is 0.447. The number of esters is 2. The third-order valence-electron chi connectivity index (χ3n) is 6.44. The zero-order chi connectivity index (χ0) is 26.2. The topological polar surface area (TPSA) is 84.9 Å². The van der Waals surface area contributed by atoms with E-state index in [1.165, 1.54) is 7.05 Å². The molecule has 4 rings (SSSR count). The largest absolute Gasteiger partial charge is 0.460 e. The van der Waals surface area contributed by atoms with Gasteiger partial charge >= 0.3 is 11.9 Å². The number of carbonyl (C=O) groups is 3. The molecule has 1 saturated heterocycles. The Balaban J connectivity index is 1.62. The molecular formula is C29H29FN2O5. The Morgan fingerprint density at radius 3 is 1.92 bits per heavy atom. The third-order valence-corrected chi connectivity index (χ3v) is 6.44. The average Bonchev–Trinajstić information content (AvgIpc) is 3.17. The van der Waals surface area contributed by atoms with Gasteiger partial charge in [-0.3, -0.25) is 9.69 Å². The fourth-order valence-electron chi connectivity index (χ4n) is 4.52. The summed E-state index contributed by atoms with van der Waals surface area (Å²) in [7, 11) is 1.50. The lowest BCUT2D eigenvalue weighted by atomic mass is 10.1. The first-order valence-corrected chi connectivity index (χ1v) is 12.1. The monoisotopic (exact) mass is 504 g/mol. The minimum Gasteiger partial charge on any atom is -0.460 e. The van der Waals surface area contributed by atoms with Gasteiger partial charge in [0, 0.05) is 20.0 Å². The number of nitrogens with zero attached hydrogens (tertiary/aromatic N) is 1. The number of halogens is 1. The Morgan fingerprint density at radius 2 is 1.35 bits per heavy atom. The van der Waals surface area contributed by atoms with Crippen molar-refractivity contribution in [1.29, 1.82) is 0 Å². The molecule has 37 heavy (non-hydrogen) atoms. The number of benzene rings is 3. The van der Waals surface area contributed by atoms with Crippen molar-refractivity contribution in [2.24, 2.45) is 0 Å². The molecule has 1 aliphatic rings. The molecule has 1 heterocycles. The standard InChI is InChI=1S/C29H29FN2O5/c1-31-25(33)17-23-27(37-29(35)22-15-9-4-10-16-22)26(30)24(32(23)18-20-11-5-2-6-12-20)19-36-28(34)21-13-7-3-8-14-21/h2-16,23-24,26-27H,17-19H2,1H3,(H,31,33)/t23-,24-,26+,27-/m1/s1. The third kappa shape index (κ3) is 6.40. The second kappa shape index (κ2) is 12.3. The summed E-state index contributed by atoms with van der Waals surface area (Å²) >= 11 is 0. The molecule has 8 heteroatoms. The molecular weight excluding hydrogens is 475 g/mol. The van der Waals surface area contributed by atoms with Crippen molar-refractivity contribution in [3.05, 3.63) is 108 Å². The molecule has 192 valence electrons. The van der Waals surface area contributed by atoms with E-state index in [0.29, 0.717) is 5.56 Å². The lowest BCUT2D eigenvalue weighted by Crippen LogP contribution is -2.43. The molecule has 0 unspecified atom stereocenters. The summed E-state index contributed by atoms with van der Waals surface area (Å²) in [5.41, 5.74) is 1.51. The maximum Gasteiger partial charge on any atom is 0.338 e. The van der Waals surface area contributed by atoms with Gasteiger partial charge in [0.1, 0.15) is 6.61 Å². The molecule has 3 aromatic carbocycles. The summed E-state index contributed by atoms with van der Waals surface area (Å²) in [4.78, 5) is 39.7. The van der Waals surface area contributed by atoms with E-state index in [1.54, 1.807) is 65.6 Å². The van der Waals surface area contributed by atoms with E-state index in [1.807, 2.05) is 30.3 Å². The first-order chi connectivity index (χ1) is 18.0. The van der Waals surface area contributed by atoms with Gasteiger partial charge in [0.15, 0.2) is 12.3 Å². The van der Waals surface area contributed by atoms with Crippen LogP contribution in [0.5, 0.6) is 0 Å². The summed E-state index contributed by atoms with van der Waals surface area (Å²) in [6.45, 7) is 0.00121. The average molecular weight is 505 g/mol. The van der Waals surface area contributed by atoms with Gasteiger partial charge < -0.3 is 14.8 Å². The number of nitrogens with one attached hydrogen (secondary N) is 1. The summed E-state index contributed by atoms with van der Waals surface area (Å²) in [6, 6.07) is 24.4. The summed E-state index contributed by atoms with van der Waals surface area (Å²) in [5.74, 6) is -1.59. The van der Waals surface area contributed by atoms with E-state index >= 15 is 4.39 Å². The Bertz CT molecular complexity index is 1190. The molecule has 0 aliphatic carbocycles. The molecule has 0 spiro atoms. The molecule has 3 aromatic rings. The van der Waals surface area contributed by atoms with Gasteiger partial charge in [-0.2, -0.15) is 0 Å². The van der Waals surface area contributed by atoms with E-state index < -0.39 is 36.3 Å². The van der Waals surface area contributed by atoms with Crippen molar-refractivity contribution in [2.75, 3.05) is 13.7 Å². The second-order valence-corrected chi connectivity index (χ2v) is 8.81. The van der Waals surface area contributed by atoms with Crippen LogP contribution < -0.4 is 5.32 Å². The second-order valence-electron chi connectivity index (χ2n) is 8.81. The van der Waals surface area contributed by atoms with E-state index in [-0.39, 0.29) is 31.0 Å². The Morgan fingerprint density at radius 1 is 0.811 bits per heavy atom. The van der Waals surface area contributed by atoms with Gasteiger partial charge in [-0.25, -0.2) is 14.0 Å². The van der Waals surface area contributed by atoms with Crippen molar-refractivity contribution < 1.29 is 28.2 Å². The highest BCUT2D eigenvalue weighted by atomic mass is 19.1. The zero-order valence-electron chi connectivity index (χ0n) is 20.5. The highest BCUT2D eigenvalue weighted by molar-refractivity contribution is 5.90. The van der Waals surface area contributed by atoms with Gasteiger partial charge in [-0.05, 0) is 29.8 Å². The first-order valence-electron chi connectivity index (χ1n) is 12.1. The minimum atomic E-state index is -1.70. The highest BCUT2D eigenvalue weighted by Crippen LogP contribution is 2.34. The van der Waals surface area contributed by atoms with Gasteiger partial charge in [-0.1, -0.05) is 66.7 Å². The molecule has 7 nitrogen and oxygen atoms in total. The van der Waals surface area contributed by atoms with Gasteiger partial charge in [-0.15, -0.1) is 0 Å².